The van der Waals surface area contributed by atoms with Gasteiger partial charge in [-0.1, -0.05) is 34.8 Å². The second-order valence-electron chi connectivity index (χ2n) is 4.04. The van der Waals surface area contributed by atoms with Crippen molar-refractivity contribution in [3.05, 3.63) is 45.9 Å². The molecule has 7 heteroatoms. The van der Waals surface area contributed by atoms with Crippen LogP contribution in [0.3, 0.4) is 0 Å². The molecule has 0 fully saturated rings. The van der Waals surface area contributed by atoms with Gasteiger partial charge in [0.2, 0.25) is 0 Å². The van der Waals surface area contributed by atoms with Gasteiger partial charge in [0.25, 0.3) is 0 Å². The van der Waals surface area contributed by atoms with Gasteiger partial charge in [-0.2, -0.15) is 0 Å². The van der Waals surface area contributed by atoms with Gasteiger partial charge < -0.3 is 15.0 Å². The molecule has 0 aliphatic carbocycles. The Hall–Kier alpha value is -0.940. The predicted octanol–water partition coefficient (Wildman–Crippen LogP) is 3.32. The minimum Gasteiger partial charge on any atom is -0.389 e. The maximum absolute atomic E-state index is 9.88. The number of halogens is 3. The smallest absolute Gasteiger partial charge is 0.0946 e. The Kier molecular flexibility index (Phi) is 4.93. The molecule has 0 spiro atoms. The Balaban J connectivity index is 1.93. The van der Waals surface area contributed by atoms with Crippen LogP contribution in [0.1, 0.15) is 0 Å². The molecule has 1 unspecified atom stereocenters. The van der Waals surface area contributed by atoms with Crippen LogP contribution >= 0.6 is 34.8 Å². The van der Waals surface area contributed by atoms with Crippen LogP contribution < -0.4 is 5.32 Å². The topological polar surface area (TPSA) is 50.1 Å². The van der Waals surface area contributed by atoms with Crippen LogP contribution in [0.2, 0.25) is 15.1 Å². The summed E-state index contributed by atoms with van der Waals surface area (Å²) in [5, 5.41) is 14.2. The summed E-state index contributed by atoms with van der Waals surface area (Å²) in [7, 11) is 0. The van der Waals surface area contributed by atoms with E-state index >= 15 is 0 Å². The number of imidazole rings is 1. The van der Waals surface area contributed by atoms with E-state index in [0.717, 1.165) is 0 Å². The standard InChI is InChI=1S/C12H12Cl3N3O/c13-9-3-11(15)12(4-10(9)14)17-5-8(19)6-18-2-1-16-7-18/h1-4,7-8,17,19H,5-6H2. The van der Waals surface area contributed by atoms with E-state index in [2.05, 4.69) is 10.3 Å². The Morgan fingerprint density at radius 1 is 1.21 bits per heavy atom. The molecular weight excluding hydrogens is 309 g/mol. The van der Waals surface area contributed by atoms with Gasteiger partial charge >= 0.3 is 0 Å². The van der Waals surface area contributed by atoms with Crippen molar-refractivity contribution >= 4 is 40.5 Å². The molecular formula is C12H12Cl3N3O. The summed E-state index contributed by atoms with van der Waals surface area (Å²) in [4.78, 5) is 3.91. The predicted molar refractivity (Wildman–Crippen MR) is 78.2 cm³/mol. The Morgan fingerprint density at radius 2 is 1.95 bits per heavy atom. The first kappa shape index (κ1) is 14.5. The first-order valence-corrected chi connectivity index (χ1v) is 6.72. The first-order valence-electron chi connectivity index (χ1n) is 5.58. The van der Waals surface area contributed by atoms with Crippen LogP contribution in [0.25, 0.3) is 0 Å². The number of hydrogen-bond donors (Lipinski definition) is 2. The van der Waals surface area contributed by atoms with Gasteiger partial charge in [-0.15, -0.1) is 0 Å². The molecule has 0 amide bonds. The quantitative estimate of drug-likeness (QED) is 0.831. The van der Waals surface area contributed by atoms with Crippen molar-refractivity contribution in [2.75, 3.05) is 11.9 Å². The van der Waals surface area contributed by atoms with E-state index in [1.54, 1.807) is 35.4 Å². The summed E-state index contributed by atoms with van der Waals surface area (Å²) in [5.41, 5.74) is 0.640. The molecule has 2 aromatic rings. The summed E-state index contributed by atoms with van der Waals surface area (Å²) in [6.07, 6.45) is 4.53. The maximum Gasteiger partial charge on any atom is 0.0946 e. The average Bonchev–Trinajstić information content (AvgIpc) is 2.85. The number of nitrogens with one attached hydrogen (secondary N) is 1. The van der Waals surface area contributed by atoms with E-state index in [1.165, 1.54) is 0 Å². The van der Waals surface area contributed by atoms with E-state index in [4.69, 9.17) is 34.8 Å². The lowest BCUT2D eigenvalue weighted by Crippen LogP contribution is -2.24. The lowest BCUT2D eigenvalue weighted by atomic mass is 10.3. The largest absolute Gasteiger partial charge is 0.389 e. The maximum atomic E-state index is 9.88. The second-order valence-corrected chi connectivity index (χ2v) is 5.26. The van der Waals surface area contributed by atoms with Gasteiger partial charge in [-0.25, -0.2) is 4.98 Å². The molecule has 102 valence electrons. The van der Waals surface area contributed by atoms with Crippen molar-refractivity contribution in [2.24, 2.45) is 0 Å². The van der Waals surface area contributed by atoms with Crippen molar-refractivity contribution in [1.82, 2.24) is 9.55 Å². The van der Waals surface area contributed by atoms with Gasteiger partial charge in [-0.3, -0.25) is 0 Å². The lowest BCUT2D eigenvalue weighted by molar-refractivity contribution is 0.166. The zero-order valence-corrected chi connectivity index (χ0v) is 12.1. The monoisotopic (exact) mass is 319 g/mol. The van der Waals surface area contributed by atoms with Crippen molar-refractivity contribution in [3.8, 4) is 0 Å². The Bertz CT molecular complexity index is 545. The molecule has 4 nitrogen and oxygen atoms in total. The normalized spacial score (nSPS) is 12.4. The van der Waals surface area contributed by atoms with Crippen LogP contribution in [0, 0.1) is 0 Å². The van der Waals surface area contributed by atoms with Gasteiger partial charge in [0.1, 0.15) is 0 Å². The van der Waals surface area contributed by atoms with Gasteiger partial charge in [0.15, 0.2) is 0 Å². The number of aromatic nitrogens is 2. The van der Waals surface area contributed by atoms with Crippen LogP contribution in [0.5, 0.6) is 0 Å². The summed E-state index contributed by atoms with van der Waals surface area (Å²) < 4.78 is 1.79. The van der Waals surface area contributed by atoms with Gasteiger partial charge in [0, 0.05) is 18.9 Å². The summed E-state index contributed by atoms with van der Waals surface area (Å²) in [5.74, 6) is 0. The fourth-order valence-corrected chi connectivity index (χ4v) is 2.20. The number of aliphatic hydroxyl groups excluding tert-OH is 1. The third kappa shape index (κ3) is 4.01. The number of aliphatic hydroxyl groups is 1. The fraction of sp³-hybridized carbons (Fsp3) is 0.250. The Labute approximate surface area is 125 Å². The van der Waals surface area contributed by atoms with Crippen LogP contribution in [0.15, 0.2) is 30.9 Å². The molecule has 2 rings (SSSR count). The molecule has 0 bridgehead atoms. The minimum atomic E-state index is -0.570. The molecule has 1 atom stereocenters. The summed E-state index contributed by atoms with van der Waals surface area (Å²) >= 11 is 17.8. The SMILES string of the molecule is OC(CNc1cc(Cl)c(Cl)cc1Cl)Cn1ccnc1. The fourth-order valence-electron chi connectivity index (χ4n) is 1.59. The van der Waals surface area contributed by atoms with Crippen molar-refractivity contribution in [1.29, 1.82) is 0 Å². The molecule has 2 N–H and O–H groups in total. The van der Waals surface area contributed by atoms with Crippen LogP contribution in [-0.4, -0.2) is 27.3 Å². The number of benzene rings is 1. The molecule has 0 saturated heterocycles. The van der Waals surface area contributed by atoms with Gasteiger partial charge in [-0.05, 0) is 12.1 Å². The first-order chi connectivity index (χ1) is 9.06. The second kappa shape index (κ2) is 6.48. The summed E-state index contributed by atoms with van der Waals surface area (Å²) in [6, 6.07) is 3.20. The van der Waals surface area contributed by atoms with E-state index in [-0.39, 0.29) is 0 Å². The van der Waals surface area contributed by atoms with Crippen molar-refractivity contribution in [3.63, 3.8) is 0 Å². The zero-order valence-electron chi connectivity index (χ0n) is 9.85. The molecule has 1 aromatic carbocycles. The third-order valence-corrected chi connectivity index (χ3v) is 3.55. The third-order valence-electron chi connectivity index (χ3n) is 2.52. The highest BCUT2D eigenvalue weighted by Gasteiger charge is 2.09. The van der Waals surface area contributed by atoms with E-state index < -0.39 is 6.10 Å². The van der Waals surface area contributed by atoms with E-state index in [9.17, 15) is 5.11 Å². The van der Waals surface area contributed by atoms with Crippen molar-refractivity contribution < 1.29 is 5.11 Å². The highest BCUT2D eigenvalue weighted by molar-refractivity contribution is 6.44. The number of hydrogen-bond acceptors (Lipinski definition) is 3. The van der Waals surface area contributed by atoms with Crippen LogP contribution in [-0.2, 0) is 6.54 Å². The van der Waals surface area contributed by atoms with Crippen molar-refractivity contribution in [2.45, 2.75) is 12.6 Å². The molecule has 1 heterocycles. The molecule has 0 aliphatic heterocycles. The molecule has 19 heavy (non-hydrogen) atoms. The number of nitrogens with zero attached hydrogens (tertiary/aromatic N) is 2. The Morgan fingerprint density at radius 3 is 2.63 bits per heavy atom. The highest BCUT2D eigenvalue weighted by Crippen LogP contribution is 2.32. The van der Waals surface area contributed by atoms with E-state index in [1.807, 2.05) is 0 Å². The summed E-state index contributed by atoms with van der Waals surface area (Å²) in [6.45, 7) is 0.793. The van der Waals surface area contributed by atoms with Gasteiger partial charge in [0.05, 0.1) is 39.7 Å². The molecule has 0 aliphatic rings. The molecule has 1 aromatic heterocycles. The number of rotatable bonds is 5. The average molecular weight is 321 g/mol. The lowest BCUT2D eigenvalue weighted by Gasteiger charge is -2.14. The highest BCUT2D eigenvalue weighted by atomic mass is 35.5. The van der Waals surface area contributed by atoms with E-state index in [0.29, 0.717) is 33.8 Å². The number of anilines is 1. The van der Waals surface area contributed by atoms with Crippen LogP contribution in [0.4, 0.5) is 5.69 Å². The molecule has 0 saturated carbocycles. The molecule has 0 radical (unpaired) electrons. The zero-order chi connectivity index (χ0) is 13.8. The minimum absolute atomic E-state index is 0.343.